The summed E-state index contributed by atoms with van der Waals surface area (Å²) in [5, 5.41) is 19.8. The predicted octanol–water partition coefficient (Wildman–Crippen LogP) is 4.38. The summed E-state index contributed by atoms with van der Waals surface area (Å²) in [5.74, 6) is 1.58. The van der Waals surface area contributed by atoms with Gasteiger partial charge in [-0.05, 0) is 30.3 Å². The molecule has 0 aliphatic carbocycles. The van der Waals surface area contributed by atoms with Crippen molar-refractivity contribution in [3.8, 4) is 5.75 Å². The normalized spacial score (nSPS) is 13.0. The summed E-state index contributed by atoms with van der Waals surface area (Å²) in [6, 6.07) is 11.0. The third-order valence-corrected chi connectivity index (χ3v) is 6.87. The fourth-order valence-electron chi connectivity index (χ4n) is 4.37. The Balaban J connectivity index is 1.40. The number of hydrogen-bond acceptors (Lipinski definition) is 10. The Bertz CT molecular complexity index is 1570. The van der Waals surface area contributed by atoms with Crippen LogP contribution in [-0.4, -0.2) is 56.8 Å². The number of halogens is 1. The number of morpholine rings is 1. The average molecular weight is 591 g/mol. The van der Waals surface area contributed by atoms with E-state index in [0.29, 0.717) is 65.5 Å². The first-order valence-corrected chi connectivity index (χ1v) is 13.6. The van der Waals surface area contributed by atoms with Gasteiger partial charge in [-0.15, -0.1) is 0 Å². The minimum atomic E-state index is -0.356. The fraction of sp³-hybridized carbons (Fsp3) is 0.241. The number of amides is 1. The minimum Gasteiger partial charge on any atom is -0.484 e. The van der Waals surface area contributed by atoms with E-state index in [1.807, 2.05) is 48.1 Å². The molecule has 2 aromatic carbocycles. The SMILES string of the molecule is C=CC(=O)Nc1cc(Nc2ncc(Cl)c(Nc3ccccc3OCc3nccn3C)n2)c(CO)cc1N1CCOCC1. The summed E-state index contributed by atoms with van der Waals surface area (Å²) < 4.78 is 13.4. The zero-order valence-corrected chi connectivity index (χ0v) is 23.8. The van der Waals surface area contributed by atoms with E-state index in [1.165, 1.54) is 12.3 Å². The van der Waals surface area contributed by atoms with Gasteiger partial charge in [-0.2, -0.15) is 4.98 Å². The Morgan fingerprint density at radius 3 is 2.71 bits per heavy atom. The molecule has 0 spiro atoms. The third-order valence-electron chi connectivity index (χ3n) is 6.60. The maximum atomic E-state index is 12.2. The maximum Gasteiger partial charge on any atom is 0.247 e. The smallest absolute Gasteiger partial charge is 0.247 e. The van der Waals surface area contributed by atoms with Gasteiger partial charge in [0.15, 0.2) is 5.82 Å². The van der Waals surface area contributed by atoms with Crippen molar-refractivity contribution in [3.05, 3.63) is 84.1 Å². The lowest BCUT2D eigenvalue weighted by Crippen LogP contribution is -2.36. The number of carbonyl (C=O) groups is 1. The van der Waals surface area contributed by atoms with Crippen molar-refractivity contribution in [2.75, 3.05) is 47.2 Å². The highest BCUT2D eigenvalue weighted by atomic mass is 35.5. The van der Waals surface area contributed by atoms with Crippen LogP contribution in [0, 0.1) is 0 Å². The van der Waals surface area contributed by atoms with Gasteiger partial charge in [0.25, 0.3) is 0 Å². The molecule has 5 rings (SSSR count). The van der Waals surface area contributed by atoms with E-state index in [0.717, 1.165) is 11.5 Å². The zero-order chi connectivity index (χ0) is 29.5. The van der Waals surface area contributed by atoms with Crippen molar-refractivity contribution in [1.29, 1.82) is 0 Å². The topological polar surface area (TPSA) is 139 Å². The Hall–Kier alpha value is -4.65. The van der Waals surface area contributed by atoms with Gasteiger partial charge in [0.1, 0.15) is 23.2 Å². The predicted molar refractivity (Wildman–Crippen MR) is 162 cm³/mol. The molecular weight excluding hydrogens is 560 g/mol. The number of hydrogen-bond donors (Lipinski definition) is 4. The van der Waals surface area contributed by atoms with Crippen LogP contribution in [-0.2, 0) is 29.8 Å². The molecule has 1 aliphatic heterocycles. The number of nitrogens with zero attached hydrogens (tertiary/aromatic N) is 5. The highest BCUT2D eigenvalue weighted by molar-refractivity contribution is 6.33. The Morgan fingerprint density at radius 2 is 1.98 bits per heavy atom. The minimum absolute atomic E-state index is 0.225. The van der Waals surface area contributed by atoms with Crippen molar-refractivity contribution in [2.24, 2.45) is 7.05 Å². The summed E-state index contributed by atoms with van der Waals surface area (Å²) in [4.78, 5) is 27.5. The van der Waals surface area contributed by atoms with Gasteiger partial charge in [0, 0.05) is 43.8 Å². The lowest BCUT2D eigenvalue weighted by Gasteiger charge is -2.31. The largest absolute Gasteiger partial charge is 0.484 e. The molecule has 4 aromatic rings. The van der Waals surface area contributed by atoms with E-state index in [1.54, 1.807) is 12.3 Å². The number of benzene rings is 2. The summed E-state index contributed by atoms with van der Waals surface area (Å²) >= 11 is 6.46. The van der Waals surface area contributed by atoms with Crippen LogP contribution < -0.4 is 25.6 Å². The molecule has 0 bridgehead atoms. The first kappa shape index (κ1) is 28.9. The molecule has 1 fully saturated rings. The molecule has 12 nitrogen and oxygen atoms in total. The molecule has 1 saturated heterocycles. The lowest BCUT2D eigenvalue weighted by molar-refractivity contribution is -0.111. The van der Waals surface area contributed by atoms with Gasteiger partial charge in [-0.25, -0.2) is 9.97 Å². The molecule has 0 atom stereocenters. The molecule has 13 heteroatoms. The number of imidazole rings is 1. The molecule has 1 amide bonds. The first-order chi connectivity index (χ1) is 20.4. The summed E-state index contributed by atoms with van der Waals surface area (Å²) in [6.45, 7) is 6.01. The van der Waals surface area contributed by atoms with Crippen molar-refractivity contribution in [2.45, 2.75) is 13.2 Å². The van der Waals surface area contributed by atoms with Crippen LogP contribution in [0.3, 0.4) is 0 Å². The van der Waals surface area contributed by atoms with E-state index < -0.39 is 0 Å². The molecule has 0 radical (unpaired) electrons. The van der Waals surface area contributed by atoms with Crippen LogP contribution in [0.5, 0.6) is 5.75 Å². The number of anilines is 6. The van der Waals surface area contributed by atoms with Crippen LogP contribution in [0.25, 0.3) is 0 Å². The molecule has 3 heterocycles. The summed E-state index contributed by atoms with van der Waals surface area (Å²) in [6.07, 6.45) is 6.24. The number of aryl methyl sites for hydroxylation is 1. The molecule has 2 aromatic heterocycles. The fourth-order valence-corrected chi connectivity index (χ4v) is 4.50. The second kappa shape index (κ2) is 13.3. The van der Waals surface area contributed by atoms with Crippen LogP contribution >= 0.6 is 11.6 Å². The van der Waals surface area contributed by atoms with E-state index in [-0.39, 0.29) is 25.1 Å². The summed E-state index contributed by atoms with van der Waals surface area (Å²) in [5.41, 5.74) is 3.07. The standard InChI is InChI=1S/C29H31ClN8O4/c1-3-27(40)33-23-15-22(19(17-39)14-24(23)38-10-12-41-13-11-38)35-29-32-16-20(30)28(36-29)34-21-6-4-5-7-25(21)42-18-26-31-8-9-37(26)2/h3-9,14-16,39H,1,10-13,17-18H2,2H3,(H,33,40)(H2,32,34,35,36). The van der Waals surface area contributed by atoms with Crippen molar-refractivity contribution < 1.29 is 19.4 Å². The first-order valence-electron chi connectivity index (χ1n) is 13.2. The Morgan fingerprint density at radius 1 is 1.17 bits per heavy atom. The monoisotopic (exact) mass is 590 g/mol. The number of carbonyl (C=O) groups excluding carboxylic acids is 1. The number of para-hydroxylation sites is 2. The van der Waals surface area contributed by atoms with Gasteiger partial charge in [0.05, 0.1) is 43.1 Å². The van der Waals surface area contributed by atoms with E-state index in [4.69, 9.17) is 21.1 Å². The molecule has 4 N–H and O–H groups in total. The van der Waals surface area contributed by atoms with Crippen molar-refractivity contribution in [1.82, 2.24) is 19.5 Å². The van der Waals surface area contributed by atoms with Gasteiger partial charge in [-0.3, -0.25) is 4.79 Å². The molecule has 218 valence electrons. The number of aliphatic hydroxyl groups excluding tert-OH is 1. The molecular formula is C29H31ClN8O4. The van der Waals surface area contributed by atoms with Crippen LogP contribution in [0.4, 0.5) is 34.5 Å². The molecule has 0 saturated carbocycles. The quantitative estimate of drug-likeness (QED) is 0.186. The van der Waals surface area contributed by atoms with E-state index >= 15 is 0 Å². The second-order valence-electron chi connectivity index (χ2n) is 9.36. The van der Waals surface area contributed by atoms with Crippen molar-refractivity contribution >= 4 is 52.0 Å². The Kier molecular flexibility index (Phi) is 9.17. The van der Waals surface area contributed by atoms with E-state index in [2.05, 4.69) is 42.4 Å². The summed E-state index contributed by atoms with van der Waals surface area (Å²) in [7, 11) is 1.90. The zero-order valence-electron chi connectivity index (χ0n) is 23.0. The van der Waals surface area contributed by atoms with Gasteiger partial charge >= 0.3 is 0 Å². The van der Waals surface area contributed by atoms with Crippen molar-refractivity contribution in [3.63, 3.8) is 0 Å². The number of rotatable bonds is 11. The number of nitrogens with one attached hydrogen (secondary N) is 3. The van der Waals surface area contributed by atoms with Crippen LogP contribution in [0.2, 0.25) is 5.02 Å². The second-order valence-corrected chi connectivity index (χ2v) is 9.76. The van der Waals surface area contributed by atoms with Gasteiger partial charge in [0.2, 0.25) is 11.9 Å². The van der Waals surface area contributed by atoms with E-state index in [9.17, 15) is 9.90 Å². The number of ether oxygens (including phenoxy) is 2. The van der Waals surface area contributed by atoms with Gasteiger partial charge < -0.3 is 40.0 Å². The number of aromatic nitrogens is 4. The van der Waals surface area contributed by atoms with Crippen LogP contribution in [0.15, 0.2) is 67.6 Å². The van der Waals surface area contributed by atoms with Gasteiger partial charge in [-0.1, -0.05) is 30.3 Å². The molecule has 42 heavy (non-hydrogen) atoms. The maximum absolute atomic E-state index is 12.2. The molecule has 0 unspecified atom stereocenters. The number of aliphatic hydroxyl groups is 1. The highest BCUT2D eigenvalue weighted by Gasteiger charge is 2.20. The van der Waals surface area contributed by atoms with Crippen LogP contribution in [0.1, 0.15) is 11.4 Å². The highest BCUT2D eigenvalue weighted by Crippen LogP contribution is 2.35. The Labute approximate surface area is 248 Å². The average Bonchev–Trinajstić information content (AvgIpc) is 3.43. The molecule has 1 aliphatic rings. The lowest BCUT2D eigenvalue weighted by atomic mass is 10.1. The third kappa shape index (κ3) is 6.79.